The number of carbonyl (C=O) groups is 3. The first-order chi connectivity index (χ1) is 17.9. The number of carbonyl (C=O) groups excluding carboxylic acids is 2. The number of fused-ring (bicyclic) bond motifs is 1. The molecule has 2 aliphatic rings. The number of aliphatic carboxylic acids is 1. The zero-order chi connectivity index (χ0) is 27.8. The second-order valence-electron chi connectivity index (χ2n) is 9.30. The van der Waals surface area contributed by atoms with Crippen LogP contribution in [0.2, 0.25) is 0 Å². The van der Waals surface area contributed by atoms with Crippen LogP contribution in [0.15, 0.2) is 48.5 Å². The first kappa shape index (κ1) is 27.0. The SMILES string of the molecule is CCCCN1C(=O)C2C(c3cccc(OC(F)(F)F)c3)NC(Cc3ccc([N+](=O)[O-])cc3)(C(=O)O)C2C1=O. The highest BCUT2D eigenvalue weighted by molar-refractivity contribution is 6.09. The number of ether oxygens (including phenoxy) is 1. The van der Waals surface area contributed by atoms with Crippen molar-refractivity contribution in [3.05, 3.63) is 69.8 Å². The number of hydrogen-bond donors (Lipinski definition) is 2. The van der Waals surface area contributed by atoms with Gasteiger partial charge in [-0.2, -0.15) is 0 Å². The molecule has 4 rings (SSSR count). The fraction of sp³-hybridized carbons (Fsp3) is 0.400. The molecule has 0 radical (unpaired) electrons. The van der Waals surface area contributed by atoms with Crippen molar-refractivity contribution in [2.75, 3.05) is 6.54 Å². The molecule has 2 aliphatic heterocycles. The number of carboxylic acids is 1. The quantitative estimate of drug-likeness (QED) is 0.282. The number of likely N-dealkylation sites (tertiary alicyclic amines) is 1. The van der Waals surface area contributed by atoms with Gasteiger partial charge in [-0.3, -0.25) is 34.7 Å². The number of nitrogens with one attached hydrogen (secondary N) is 1. The number of hydrogen-bond acceptors (Lipinski definition) is 7. The molecule has 4 unspecified atom stereocenters. The third-order valence-electron chi connectivity index (χ3n) is 6.94. The molecule has 10 nitrogen and oxygen atoms in total. The molecule has 2 aromatic carbocycles. The molecule has 13 heteroatoms. The molecule has 2 amide bonds. The van der Waals surface area contributed by atoms with Crippen LogP contribution in [0.1, 0.15) is 36.9 Å². The summed E-state index contributed by atoms with van der Waals surface area (Å²) in [4.78, 5) is 51.3. The van der Waals surface area contributed by atoms with E-state index in [1.807, 2.05) is 6.92 Å². The summed E-state index contributed by atoms with van der Waals surface area (Å²) in [6, 6.07) is 8.83. The van der Waals surface area contributed by atoms with Gasteiger partial charge in [0.25, 0.3) is 5.69 Å². The Labute approximate surface area is 214 Å². The molecular formula is C25H24F3N3O7. The van der Waals surface area contributed by atoms with Crippen LogP contribution < -0.4 is 10.1 Å². The summed E-state index contributed by atoms with van der Waals surface area (Å²) in [5, 5.41) is 24.3. The average Bonchev–Trinajstić information content (AvgIpc) is 3.31. The number of non-ortho nitro benzene ring substituents is 1. The Morgan fingerprint density at radius 2 is 1.87 bits per heavy atom. The highest BCUT2D eigenvalue weighted by Crippen LogP contribution is 2.50. The maximum absolute atomic E-state index is 13.5. The normalized spacial score (nSPS) is 24.9. The molecule has 0 aromatic heterocycles. The van der Waals surface area contributed by atoms with Crippen LogP contribution in [0.25, 0.3) is 0 Å². The fourth-order valence-corrected chi connectivity index (χ4v) is 5.28. The van der Waals surface area contributed by atoms with Crippen molar-refractivity contribution in [2.45, 2.75) is 44.1 Å². The van der Waals surface area contributed by atoms with E-state index in [1.165, 1.54) is 36.4 Å². The van der Waals surface area contributed by atoms with Gasteiger partial charge < -0.3 is 9.84 Å². The lowest BCUT2D eigenvalue weighted by atomic mass is 9.76. The number of imide groups is 1. The number of nitro groups is 1. The van der Waals surface area contributed by atoms with Gasteiger partial charge >= 0.3 is 12.3 Å². The van der Waals surface area contributed by atoms with Gasteiger partial charge in [0.05, 0.1) is 16.8 Å². The molecule has 0 saturated carbocycles. The van der Waals surface area contributed by atoms with Crippen molar-refractivity contribution in [1.82, 2.24) is 10.2 Å². The summed E-state index contributed by atoms with van der Waals surface area (Å²) < 4.78 is 42.5. The minimum Gasteiger partial charge on any atom is -0.480 e. The van der Waals surface area contributed by atoms with Gasteiger partial charge in [0.2, 0.25) is 11.8 Å². The monoisotopic (exact) mass is 535 g/mol. The molecule has 2 N–H and O–H groups in total. The van der Waals surface area contributed by atoms with Gasteiger partial charge in [-0.1, -0.05) is 37.6 Å². The van der Waals surface area contributed by atoms with Gasteiger partial charge in [-0.05, 0) is 29.7 Å². The van der Waals surface area contributed by atoms with E-state index in [4.69, 9.17) is 0 Å². The Kier molecular flexibility index (Phi) is 7.15. The van der Waals surface area contributed by atoms with Crippen LogP contribution in [-0.4, -0.2) is 51.2 Å². The minimum atomic E-state index is -4.97. The third kappa shape index (κ3) is 4.93. The Balaban J connectivity index is 1.79. The fourth-order valence-electron chi connectivity index (χ4n) is 5.28. The molecule has 0 bridgehead atoms. The van der Waals surface area contributed by atoms with Crippen LogP contribution in [0.4, 0.5) is 18.9 Å². The van der Waals surface area contributed by atoms with Crippen LogP contribution >= 0.6 is 0 Å². The second kappa shape index (κ2) is 10.0. The van der Waals surface area contributed by atoms with Crippen LogP contribution in [0, 0.1) is 22.0 Å². The Bertz CT molecular complexity index is 1270. The van der Waals surface area contributed by atoms with Gasteiger partial charge in [0, 0.05) is 31.1 Å². The van der Waals surface area contributed by atoms with E-state index in [9.17, 15) is 42.8 Å². The molecule has 4 atom stereocenters. The van der Waals surface area contributed by atoms with Crippen LogP contribution in [0.5, 0.6) is 5.75 Å². The largest absolute Gasteiger partial charge is 0.573 e. The van der Waals surface area contributed by atoms with Crippen molar-refractivity contribution >= 4 is 23.5 Å². The van der Waals surface area contributed by atoms with Gasteiger partial charge in [-0.25, -0.2) is 0 Å². The van der Waals surface area contributed by atoms with Gasteiger partial charge in [0.15, 0.2) is 0 Å². The molecule has 2 aromatic rings. The molecule has 38 heavy (non-hydrogen) atoms. The summed E-state index contributed by atoms with van der Waals surface area (Å²) in [6.45, 7) is 1.94. The molecule has 202 valence electrons. The summed E-state index contributed by atoms with van der Waals surface area (Å²) in [6.07, 6.45) is -4.12. The molecule has 2 saturated heterocycles. The summed E-state index contributed by atoms with van der Waals surface area (Å²) >= 11 is 0. The lowest BCUT2D eigenvalue weighted by Crippen LogP contribution is -2.57. The van der Waals surface area contributed by atoms with Gasteiger partial charge in [0.1, 0.15) is 11.3 Å². The van der Waals surface area contributed by atoms with E-state index in [1.54, 1.807) is 0 Å². The number of amides is 2. The number of rotatable bonds is 9. The number of nitro benzene ring substituents is 1. The zero-order valence-electron chi connectivity index (χ0n) is 20.1. The smallest absolute Gasteiger partial charge is 0.480 e. The first-order valence-corrected chi connectivity index (χ1v) is 11.8. The molecule has 2 heterocycles. The predicted octanol–water partition coefficient (Wildman–Crippen LogP) is 3.61. The van der Waals surface area contributed by atoms with Crippen molar-refractivity contribution in [3.8, 4) is 5.75 Å². The average molecular weight is 535 g/mol. The van der Waals surface area contributed by atoms with E-state index in [2.05, 4.69) is 10.1 Å². The molecule has 0 spiro atoms. The maximum atomic E-state index is 13.5. The van der Waals surface area contributed by atoms with E-state index < -0.39 is 58.2 Å². The number of unbranched alkanes of at least 4 members (excludes halogenated alkanes) is 1. The number of halogens is 3. The summed E-state index contributed by atoms with van der Waals surface area (Å²) in [5.41, 5.74) is -1.73. The van der Waals surface area contributed by atoms with E-state index in [0.29, 0.717) is 18.4 Å². The lowest BCUT2D eigenvalue weighted by molar-refractivity contribution is -0.384. The number of carboxylic acid groups (broad SMARTS) is 1. The van der Waals surface area contributed by atoms with Crippen LogP contribution in [0.3, 0.4) is 0 Å². The first-order valence-electron chi connectivity index (χ1n) is 11.8. The highest BCUT2D eigenvalue weighted by atomic mass is 19.4. The van der Waals surface area contributed by atoms with E-state index >= 15 is 0 Å². The predicted molar refractivity (Wildman–Crippen MR) is 125 cm³/mol. The maximum Gasteiger partial charge on any atom is 0.573 e. The standard InChI is InChI=1S/C25H24F3N3O7/c1-2-3-11-30-21(32)18-19(22(30)33)24(23(34)35,13-14-7-9-16(10-8-14)31(36)37)29-20(18)15-5-4-6-17(12-15)38-25(26,27)28/h4-10,12,18-20,29H,2-3,11,13H2,1H3,(H,34,35). The Morgan fingerprint density at radius 1 is 1.18 bits per heavy atom. The topological polar surface area (TPSA) is 139 Å². The number of benzene rings is 2. The lowest BCUT2D eigenvalue weighted by Gasteiger charge is -2.31. The number of nitrogens with zero attached hydrogens (tertiary/aromatic N) is 2. The number of alkyl halides is 3. The van der Waals surface area contributed by atoms with E-state index in [0.717, 1.165) is 17.0 Å². The second-order valence-corrected chi connectivity index (χ2v) is 9.30. The van der Waals surface area contributed by atoms with Gasteiger partial charge in [-0.15, -0.1) is 13.2 Å². The highest BCUT2D eigenvalue weighted by Gasteiger charge is 2.68. The van der Waals surface area contributed by atoms with Crippen LogP contribution in [-0.2, 0) is 20.8 Å². The molecule has 2 fully saturated rings. The minimum absolute atomic E-state index is 0.0817. The summed E-state index contributed by atoms with van der Waals surface area (Å²) in [7, 11) is 0. The van der Waals surface area contributed by atoms with Crippen molar-refractivity contribution in [3.63, 3.8) is 0 Å². The Morgan fingerprint density at radius 3 is 2.45 bits per heavy atom. The Hall–Kier alpha value is -4.00. The molecular weight excluding hydrogens is 511 g/mol. The molecule has 0 aliphatic carbocycles. The van der Waals surface area contributed by atoms with Crippen molar-refractivity contribution < 1.29 is 42.3 Å². The third-order valence-corrected chi connectivity index (χ3v) is 6.94. The van der Waals surface area contributed by atoms with Crippen molar-refractivity contribution in [1.29, 1.82) is 0 Å². The summed E-state index contributed by atoms with van der Waals surface area (Å²) in [5.74, 6) is -5.85. The van der Waals surface area contributed by atoms with Crippen molar-refractivity contribution in [2.24, 2.45) is 11.8 Å². The zero-order valence-corrected chi connectivity index (χ0v) is 20.1. The van der Waals surface area contributed by atoms with E-state index in [-0.39, 0.29) is 24.2 Å².